The molecule has 0 fully saturated rings. The van der Waals surface area contributed by atoms with Crippen molar-refractivity contribution in [1.82, 2.24) is 0 Å². The van der Waals surface area contributed by atoms with E-state index in [1.165, 1.54) is 36.4 Å². The van der Waals surface area contributed by atoms with E-state index in [-0.39, 0.29) is 15.4 Å². The van der Waals surface area contributed by atoms with Crippen molar-refractivity contribution in [2.24, 2.45) is 5.73 Å². The molecule has 92 valence electrons. The van der Waals surface area contributed by atoms with E-state index in [4.69, 9.17) is 5.73 Å². The van der Waals surface area contributed by atoms with Gasteiger partial charge in [0, 0.05) is 5.56 Å². The fourth-order valence-electron chi connectivity index (χ4n) is 1.53. The zero-order chi connectivity index (χ0) is 13.2. The van der Waals surface area contributed by atoms with Gasteiger partial charge in [-0.25, -0.2) is 8.42 Å². The number of primary amides is 1. The molecule has 0 radical (unpaired) electrons. The Morgan fingerprint density at radius 2 is 1.33 bits per heavy atom. The number of benzene rings is 2. The highest BCUT2D eigenvalue weighted by Gasteiger charge is 2.17. The Balaban J connectivity index is 2.46. The first-order valence-corrected chi connectivity index (χ1v) is 6.70. The van der Waals surface area contributed by atoms with Gasteiger partial charge >= 0.3 is 0 Å². The van der Waals surface area contributed by atoms with Crippen molar-refractivity contribution >= 4 is 15.7 Å². The summed E-state index contributed by atoms with van der Waals surface area (Å²) in [5.74, 6) is -0.585. The average molecular weight is 261 g/mol. The quantitative estimate of drug-likeness (QED) is 0.912. The van der Waals surface area contributed by atoms with Gasteiger partial charge in [0.25, 0.3) is 0 Å². The van der Waals surface area contributed by atoms with Crippen molar-refractivity contribution in [2.45, 2.75) is 9.79 Å². The lowest BCUT2D eigenvalue weighted by Gasteiger charge is -2.04. The van der Waals surface area contributed by atoms with Gasteiger partial charge in [-0.05, 0) is 36.4 Å². The lowest BCUT2D eigenvalue weighted by molar-refractivity contribution is 0.1000. The highest BCUT2D eigenvalue weighted by atomic mass is 32.2. The average Bonchev–Trinajstić information content (AvgIpc) is 2.40. The molecule has 0 aliphatic heterocycles. The lowest BCUT2D eigenvalue weighted by atomic mass is 10.2. The molecule has 0 unspecified atom stereocenters. The van der Waals surface area contributed by atoms with Gasteiger partial charge in [-0.3, -0.25) is 4.79 Å². The molecule has 0 aliphatic rings. The molecule has 0 spiro atoms. The van der Waals surface area contributed by atoms with Gasteiger partial charge in [0.15, 0.2) is 0 Å². The second kappa shape index (κ2) is 4.62. The number of hydrogen-bond donors (Lipinski definition) is 1. The number of sulfone groups is 1. The molecule has 4 nitrogen and oxygen atoms in total. The van der Waals surface area contributed by atoms with Gasteiger partial charge in [0.2, 0.25) is 15.7 Å². The molecular weight excluding hydrogens is 250 g/mol. The molecule has 2 N–H and O–H groups in total. The van der Waals surface area contributed by atoms with Gasteiger partial charge in [0.05, 0.1) is 9.79 Å². The normalized spacial score (nSPS) is 11.1. The Morgan fingerprint density at radius 3 is 1.83 bits per heavy atom. The maximum absolute atomic E-state index is 12.2. The lowest BCUT2D eigenvalue weighted by Crippen LogP contribution is -2.11. The van der Waals surface area contributed by atoms with E-state index in [0.717, 1.165) is 0 Å². The van der Waals surface area contributed by atoms with Crippen LogP contribution in [0, 0.1) is 0 Å². The van der Waals surface area contributed by atoms with Crippen LogP contribution in [0.2, 0.25) is 0 Å². The molecule has 5 heteroatoms. The van der Waals surface area contributed by atoms with Crippen LogP contribution < -0.4 is 5.73 Å². The fraction of sp³-hybridized carbons (Fsp3) is 0. The second-order valence-corrected chi connectivity index (χ2v) is 5.65. The van der Waals surface area contributed by atoms with Crippen molar-refractivity contribution < 1.29 is 13.2 Å². The molecule has 18 heavy (non-hydrogen) atoms. The molecule has 0 aromatic heterocycles. The van der Waals surface area contributed by atoms with Crippen LogP contribution in [-0.2, 0) is 9.84 Å². The zero-order valence-electron chi connectivity index (χ0n) is 9.41. The number of hydrogen-bond acceptors (Lipinski definition) is 3. The van der Waals surface area contributed by atoms with Crippen molar-refractivity contribution in [1.29, 1.82) is 0 Å². The summed E-state index contributed by atoms with van der Waals surface area (Å²) in [4.78, 5) is 11.3. The van der Waals surface area contributed by atoms with Crippen LogP contribution in [0.5, 0.6) is 0 Å². The van der Waals surface area contributed by atoms with E-state index < -0.39 is 15.7 Å². The summed E-state index contributed by atoms with van der Waals surface area (Å²) >= 11 is 0. The Labute approximate surface area is 105 Å². The minimum atomic E-state index is -3.53. The van der Waals surface area contributed by atoms with Crippen LogP contribution in [0.1, 0.15) is 10.4 Å². The minimum Gasteiger partial charge on any atom is -0.366 e. The van der Waals surface area contributed by atoms with Gasteiger partial charge in [-0.15, -0.1) is 0 Å². The van der Waals surface area contributed by atoms with E-state index in [0.29, 0.717) is 0 Å². The summed E-state index contributed by atoms with van der Waals surface area (Å²) in [5.41, 5.74) is 5.38. The summed E-state index contributed by atoms with van der Waals surface area (Å²) in [5, 5.41) is 0. The van der Waals surface area contributed by atoms with Crippen LogP contribution in [-0.4, -0.2) is 14.3 Å². The minimum absolute atomic E-state index is 0.138. The first-order chi connectivity index (χ1) is 8.51. The number of nitrogens with two attached hydrogens (primary N) is 1. The maximum atomic E-state index is 12.2. The SMILES string of the molecule is NC(=O)c1ccc(S(=O)(=O)c2ccccc2)cc1. The van der Waals surface area contributed by atoms with Crippen molar-refractivity contribution in [2.75, 3.05) is 0 Å². The Hall–Kier alpha value is -2.14. The fourth-order valence-corrected chi connectivity index (χ4v) is 2.82. The Kier molecular flexibility index (Phi) is 3.16. The smallest absolute Gasteiger partial charge is 0.248 e. The van der Waals surface area contributed by atoms with E-state index in [1.807, 2.05) is 0 Å². The van der Waals surface area contributed by atoms with Crippen LogP contribution >= 0.6 is 0 Å². The van der Waals surface area contributed by atoms with Crippen molar-refractivity contribution in [3.05, 3.63) is 60.2 Å². The molecule has 0 saturated heterocycles. The van der Waals surface area contributed by atoms with Crippen LogP contribution in [0.25, 0.3) is 0 Å². The molecule has 0 bridgehead atoms. The number of carbonyl (C=O) groups excluding carboxylic acids is 1. The molecule has 0 aliphatic carbocycles. The topological polar surface area (TPSA) is 77.2 Å². The number of carbonyl (C=O) groups is 1. The molecule has 2 aromatic rings. The van der Waals surface area contributed by atoms with Gasteiger partial charge < -0.3 is 5.73 Å². The largest absolute Gasteiger partial charge is 0.366 e. The zero-order valence-corrected chi connectivity index (χ0v) is 10.2. The second-order valence-electron chi connectivity index (χ2n) is 3.71. The molecule has 0 heterocycles. The predicted molar refractivity (Wildman–Crippen MR) is 66.9 cm³/mol. The molecule has 1 amide bonds. The monoisotopic (exact) mass is 261 g/mol. The van der Waals surface area contributed by atoms with E-state index in [1.54, 1.807) is 18.2 Å². The maximum Gasteiger partial charge on any atom is 0.248 e. The molecule has 0 saturated carbocycles. The summed E-state index contributed by atoms with van der Waals surface area (Å²) in [6.07, 6.45) is 0. The van der Waals surface area contributed by atoms with Crippen molar-refractivity contribution in [3.63, 3.8) is 0 Å². The molecule has 2 aromatic carbocycles. The van der Waals surface area contributed by atoms with Crippen LogP contribution in [0.15, 0.2) is 64.4 Å². The standard InChI is InChI=1S/C13H11NO3S/c14-13(15)10-6-8-12(9-7-10)18(16,17)11-4-2-1-3-5-11/h1-9H,(H2,14,15). The summed E-state index contributed by atoms with van der Waals surface area (Å²) < 4.78 is 24.4. The highest BCUT2D eigenvalue weighted by molar-refractivity contribution is 7.91. The predicted octanol–water partition coefficient (Wildman–Crippen LogP) is 1.62. The highest BCUT2D eigenvalue weighted by Crippen LogP contribution is 2.20. The summed E-state index contributed by atoms with van der Waals surface area (Å²) in [6, 6.07) is 13.7. The van der Waals surface area contributed by atoms with Gasteiger partial charge in [-0.2, -0.15) is 0 Å². The van der Waals surface area contributed by atoms with Crippen LogP contribution in [0.4, 0.5) is 0 Å². The first kappa shape index (κ1) is 12.3. The van der Waals surface area contributed by atoms with Gasteiger partial charge in [-0.1, -0.05) is 18.2 Å². The Bertz CT molecular complexity index is 661. The number of amides is 1. The summed E-state index contributed by atoms with van der Waals surface area (Å²) in [6.45, 7) is 0. The first-order valence-electron chi connectivity index (χ1n) is 5.22. The van der Waals surface area contributed by atoms with E-state index in [9.17, 15) is 13.2 Å². The summed E-state index contributed by atoms with van der Waals surface area (Å²) in [7, 11) is -3.53. The molecule has 2 rings (SSSR count). The van der Waals surface area contributed by atoms with E-state index in [2.05, 4.69) is 0 Å². The third-order valence-electron chi connectivity index (χ3n) is 2.50. The molecular formula is C13H11NO3S. The van der Waals surface area contributed by atoms with Gasteiger partial charge in [0.1, 0.15) is 0 Å². The molecule has 0 atom stereocenters. The van der Waals surface area contributed by atoms with Crippen molar-refractivity contribution in [3.8, 4) is 0 Å². The third kappa shape index (κ3) is 2.26. The number of rotatable bonds is 3. The van der Waals surface area contributed by atoms with E-state index >= 15 is 0 Å². The third-order valence-corrected chi connectivity index (χ3v) is 4.29. The Morgan fingerprint density at radius 1 is 0.833 bits per heavy atom. The van der Waals surface area contributed by atoms with Crippen LogP contribution in [0.3, 0.4) is 0 Å².